The maximum atomic E-state index is 11.2. The van der Waals surface area contributed by atoms with Crippen LogP contribution in [0.3, 0.4) is 0 Å². The average molecular weight is 208 g/mol. The van der Waals surface area contributed by atoms with Crippen LogP contribution in [-0.4, -0.2) is 19.2 Å². The molecule has 1 amide bonds. The van der Waals surface area contributed by atoms with Gasteiger partial charge in [-0.05, 0) is 37.1 Å². The van der Waals surface area contributed by atoms with Crippen molar-refractivity contribution in [2.45, 2.75) is 13.8 Å². The van der Waals surface area contributed by atoms with Gasteiger partial charge < -0.3 is 15.8 Å². The fourth-order valence-corrected chi connectivity index (χ4v) is 1.09. The maximum Gasteiger partial charge on any atom is 0.412 e. The van der Waals surface area contributed by atoms with Gasteiger partial charge in [0, 0.05) is 13.1 Å². The van der Waals surface area contributed by atoms with Crippen LogP contribution in [0, 0.1) is 13.8 Å². The Bertz CT molecular complexity index is 350. The molecule has 4 heteroatoms. The van der Waals surface area contributed by atoms with Crippen LogP contribution in [-0.2, 0) is 0 Å². The minimum Gasteiger partial charge on any atom is -0.410 e. The molecule has 0 aromatic heterocycles. The lowest BCUT2D eigenvalue weighted by Gasteiger charge is -2.07. The van der Waals surface area contributed by atoms with Crippen LogP contribution in [0.4, 0.5) is 4.79 Å². The first-order valence-corrected chi connectivity index (χ1v) is 4.86. The summed E-state index contributed by atoms with van der Waals surface area (Å²) in [4.78, 5) is 11.2. The number of nitrogens with two attached hydrogens (primary N) is 1. The van der Waals surface area contributed by atoms with E-state index in [-0.39, 0.29) is 0 Å². The molecular formula is C11H16N2O2. The zero-order valence-corrected chi connectivity index (χ0v) is 9.04. The molecule has 0 radical (unpaired) electrons. The SMILES string of the molecule is Cc1ccc(OC(=O)NCCN)cc1C. The normalized spacial score (nSPS) is 9.80. The number of nitrogens with one attached hydrogen (secondary N) is 1. The molecule has 0 fully saturated rings. The monoisotopic (exact) mass is 208 g/mol. The van der Waals surface area contributed by atoms with Gasteiger partial charge in [-0.15, -0.1) is 0 Å². The molecule has 0 heterocycles. The van der Waals surface area contributed by atoms with Crippen LogP contribution in [0.1, 0.15) is 11.1 Å². The number of rotatable bonds is 3. The number of aryl methyl sites for hydroxylation is 2. The van der Waals surface area contributed by atoms with Gasteiger partial charge >= 0.3 is 6.09 Å². The summed E-state index contributed by atoms with van der Waals surface area (Å²) < 4.78 is 5.05. The molecule has 15 heavy (non-hydrogen) atoms. The minimum atomic E-state index is -0.469. The Morgan fingerprint density at radius 3 is 2.73 bits per heavy atom. The van der Waals surface area contributed by atoms with Crippen LogP contribution in [0.15, 0.2) is 18.2 Å². The lowest BCUT2D eigenvalue weighted by Crippen LogP contribution is -2.31. The highest BCUT2D eigenvalue weighted by molar-refractivity contribution is 5.70. The Morgan fingerprint density at radius 2 is 2.13 bits per heavy atom. The summed E-state index contributed by atoms with van der Waals surface area (Å²) >= 11 is 0. The molecule has 1 aromatic carbocycles. The number of hydrogen-bond acceptors (Lipinski definition) is 3. The first kappa shape index (κ1) is 11.5. The van der Waals surface area contributed by atoms with Gasteiger partial charge in [-0.1, -0.05) is 6.07 Å². The summed E-state index contributed by atoms with van der Waals surface area (Å²) in [5.41, 5.74) is 7.51. The number of carbonyl (C=O) groups is 1. The van der Waals surface area contributed by atoms with Gasteiger partial charge in [0.25, 0.3) is 0 Å². The zero-order chi connectivity index (χ0) is 11.3. The number of amides is 1. The summed E-state index contributed by atoms with van der Waals surface area (Å²) in [6.45, 7) is 4.80. The predicted octanol–water partition coefficient (Wildman–Crippen LogP) is 1.35. The van der Waals surface area contributed by atoms with E-state index in [4.69, 9.17) is 10.5 Å². The van der Waals surface area contributed by atoms with E-state index in [9.17, 15) is 4.79 Å². The van der Waals surface area contributed by atoms with Gasteiger partial charge in [-0.2, -0.15) is 0 Å². The summed E-state index contributed by atoms with van der Waals surface area (Å²) in [6, 6.07) is 5.52. The standard InChI is InChI=1S/C11H16N2O2/c1-8-3-4-10(7-9(8)2)15-11(14)13-6-5-12/h3-4,7H,5-6,12H2,1-2H3,(H,13,14). The summed E-state index contributed by atoms with van der Waals surface area (Å²) in [5.74, 6) is 0.549. The third-order valence-corrected chi connectivity index (χ3v) is 2.10. The second-order valence-corrected chi connectivity index (χ2v) is 3.35. The topological polar surface area (TPSA) is 64.3 Å². The molecule has 0 saturated carbocycles. The lowest BCUT2D eigenvalue weighted by molar-refractivity contribution is 0.201. The fraction of sp³-hybridized carbons (Fsp3) is 0.364. The Labute approximate surface area is 89.4 Å². The predicted molar refractivity (Wildman–Crippen MR) is 59.0 cm³/mol. The minimum absolute atomic E-state index is 0.405. The van der Waals surface area contributed by atoms with E-state index >= 15 is 0 Å². The van der Waals surface area contributed by atoms with Gasteiger partial charge in [0.1, 0.15) is 5.75 Å². The molecule has 0 spiro atoms. The van der Waals surface area contributed by atoms with Crippen molar-refractivity contribution in [2.75, 3.05) is 13.1 Å². The Hall–Kier alpha value is -1.55. The van der Waals surface area contributed by atoms with E-state index in [1.807, 2.05) is 26.0 Å². The molecular weight excluding hydrogens is 192 g/mol. The molecule has 1 rings (SSSR count). The van der Waals surface area contributed by atoms with Crippen LogP contribution >= 0.6 is 0 Å². The number of benzene rings is 1. The first-order valence-electron chi connectivity index (χ1n) is 4.86. The van der Waals surface area contributed by atoms with Crippen molar-refractivity contribution in [3.63, 3.8) is 0 Å². The highest BCUT2D eigenvalue weighted by atomic mass is 16.6. The maximum absolute atomic E-state index is 11.2. The Morgan fingerprint density at radius 1 is 1.40 bits per heavy atom. The molecule has 1 aromatic rings. The molecule has 4 nitrogen and oxygen atoms in total. The van der Waals surface area contributed by atoms with Gasteiger partial charge in [0.2, 0.25) is 0 Å². The molecule has 0 saturated heterocycles. The largest absolute Gasteiger partial charge is 0.412 e. The quantitative estimate of drug-likeness (QED) is 0.788. The average Bonchev–Trinajstić information content (AvgIpc) is 2.20. The number of carbonyl (C=O) groups excluding carboxylic acids is 1. The molecule has 0 bridgehead atoms. The van der Waals surface area contributed by atoms with E-state index in [1.54, 1.807) is 6.07 Å². The van der Waals surface area contributed by atoms with Crippen LogP contribution in [0.2, 0.25) is 0 Å². The smallest absolute Gasteiger partial charge is 0.410 e. The van der Waals surface area contributed by atoms with E-state index in [2.05, 4.69) is 5.32 Å². The van der Waals surface area contributed by atoms with Gasteiger partial charge in [0.05, 0.1) is 0 Å². The van der Waals surface area contributed by atoms with Crippen molar-refractivity contribution in [1.29, 1.82) is 0 Å². The van der Waals surface area contributed by atoms with E-state index in [0.717, 1.165) is 5.56 Å². The number of ether oxygens (including phenoxy) is 1. The van der Waals surface area contributed by atoms with Crippen molar-refractivity contribution in [3.8, 4) is 5.75 Å². The molecule has 0 atom stereocenters. The molecule has 0 aliphatic carbocycles. The van der Waals surface area contributed by atoms with Crippen molar-refractivity contribution >= 4 is 6.09 Å². The zero-order valence-electron chi connectivity index (χ0n) is 9.04. The summed E-state index contributed by atoms with van der Waals surface area (Å²) in [6.07, 6.45) is -0.469. The van der Waals surface area contributed by atoms with E-state index < -0.39 is 6.09 Å². The Balaban J connectivity index is 2.57. The summed E-state index contributed by atoms with van der Waals surface area (Å²) in [7, 11) is 0. The second-order valence-electron chi connectivity index (χ2n) is 3.35. The van der Waals surface area contributed by atoms with Crippen LogP contribution < -0.4 is 15.8 Å². The fourth-order valence-electron chi connectivity index (χ4n) is 1.09. The summed E-state index contributed by atoms with van der Waals surface area (Å²) in [5, 5.41) is 2.53. The van der Waals surface area contributed by atoms with E-state index in [0.29, 0.717) is 18.8 Å². The van der Waals surface area contributed by atoms with Gasteiger partial charge in [-0.25, -0.2) is 4.79 Å². The lowest BCUT2D eigenvalue weighted by atomic mass is 10.1. The van der Waals surface area contributed by atoms with Gasteiger partial charge in [-0.3, -0.25) is 0 Å². The molecule has 0 aliphatic heterocycles. The second kappa shape index (κ2) is 5.36. The third kappa shape index (κ3) is 3.59. The van der Waals surface area contributed by atoms with E-state index in [1.165, 1.54) is 5.56 Å². The molecule has 82 valence electrons. The van der Waals surface area contributed by atoms with Crippen molar-refractivity contribution in [3.05, 3.63) is 29.3 Å². The van der Waals surface area contributed by atoms with Crippen molar-refractivity contribution in [2.24, 2.45) is 5.73 Å². The first-order chi connectivity index (χ1) is 7.13. The van der Waals surface area contributed by atoms with Crippen LogP contribution in [0.5, 0.6) is 5.75 Å². The number of hydrogen-bond donors (Lipinski definition) is 2. The van der Waals surface area contributed by atoms with Gasteiger partial charge in [0.15, 0.2) is 0 Å². The third-order valence-electron chi connectivity index (χ3n) is 2.10. The highest BCUT2D eigenvalue weighted by Crippen LogP contribution is 2.16. The Kier molecular flexibility index (Phi) is 4.12. The highest BCUT2D eigenvalue weighted by Gasteiger charge is 2.03. The van der Waals surface area contributed by atoms with Crippen LogP contribution in [0.25, 0.3) is 0 Å². The molecule has 0 aliphatic rings. The molecule has 3 N–H and O–H groups in total. The van der Waals surface area contributed by atoms with Crippen molar-refractivity contribution in [1.82, 2.24) is 5.32 Å². The molecule has 0 unspecified atom stereocenters. The van der Waals surface area contributed by atoms with Crippen molar-refractivity contribution < 1.29 is 9.53 Å².